The maximum atomic E-state index is 10.1. The van der Waals surface area contributed by atoms with E-state index in [0.717, 1.165) is 11.1 Å². The Labute approximate surface area is 153 Å². The van der Waals surface area contributed by atoms with Crippen LogP contribution in [0.2, 0.25) is 0 Å². The van der Waals surface area contributed by atoms with Gasteiger partial charge in [0.05, 0.1) is 25.4 Å². The van der Waals surface area contributed by atoms with E-state index >= 15 is 0 Å². The van der Waals surface area contributed by atoms with Gasteiger partial charge >= 0.3 is 0 Å². The highest BCUT2D eigenvalue weighted by Gasteiger charge is 2.50. The van der Waals surface area contributed by atoms with Crippen LogP contribution in [0.1, 0.15) is 23.5 Å². The number of hydrogen-bond donors (Lipinski definition) is 1. The highest BCUT2D eigenvalue weighted by atomic mass is 16.7. The lowest BCUT2D eigenvalue weighted by Crippen LogP contribution is -2.58. The molecule has 2 aromatic carbocycles. The van der Waals surface area contributed by atoms with E-state index in [1.807, 2.05) is 60.7 Å². The monoisotopic (exact) mass is 356 g/mol. The standard InChI is InChI=1S/C21H24O5/c1-23-19-16(12-22)18(14-8-4-2-5-9-14)25-17-13-24-21(26-20(17)19)15-10-6-3-7-11-15/h2-11,16-22H,12-13H2,1H3/t16-,17+,18-,19+,20+,21+/m0/s1. The Morgan fingerprint density at radius 1 is 0.962 bits per heavy atom. The summed E-state index contributed by atoms with van der Waals surface area (Å²) in [5.74, 6) is -0.210. The Balaban J connectivity index is 1.59. The maximum Gasteiger partial charge on any atom is 0.184 e. The van der Waals surface area contributed by atoms with E-state index in [9.17, 15) is 5.11 Å². The smallest absolute Gasteiger partial charge is 0.184 e. The second-order valence-corrected chi connectivity index (χ2v) is 6.73. The second-order valence-electron chi connectivity index (χ2n) is 6.73. The van der Waals surface area contributed by atoms with Gasteiger partial charge in [0.2, 0.25) is 0 Å². The average Bonchev–Trinajstić information content (AvgIpc) is 2.73. The van der Waals surface area contributed by atoms with Crippen LogP contribution in [0.15, 0.2) is 60.7 Å². The van der Waals surface area contributed by atoms with Gasteiger partial charge in [-0.2, -0.15) is 0 Å². The number of fused-ring (bicyclic) bond motifs is 1. The van der Waals surface area contributed by atoms with Crippen molar-refractivity contribution in [2.24, 2.45) is 5.92 Å². The quantitative estimate of drug-likeness (QED) is 0.913. The lowest BCUT2D eigenvalue weighted by Gasteiger charge is -2.49. The van der Waals surface area contributed by atoms with Crippen molar-refractivity contribution in [3.8, 4) is 0 Å². The lowest BCUT2D eigenvalue weighted by atomic mass is 9.83. The molecule has 6 atom stereocenters. The van der Waals surface area contributed by atoms with Gasteiger partial charge in [-0.3, -0.25) is 0 Å². The molecule has 0 unspecified atom stereocenters. The van der Waals surface area contributed by atoms with Crippen LogP contribution in [0.25, 0.3) is 0 Å². The first kappa shape index (κ1) is 17.6. The van der Waals surface area contributed by atoms with E-state index in [1.165, 1.54) is 0 Å². The molecule has 5 nitrogen and oxygen atoms in total. The summed E-state index contributed by atoms with van der Waals surface area (Å²) in [6.07, 6.45) is -1.53. The van der Waals surface area contributed by atoms with Crippen LogP contribution < -0.4 is 0 Å². The van der Waals surface area contributed by atoms with Gasteiger partial charge in [-0.1, -0.05) is 60.7 Å². The number of rotatable bonds is 4. The summed E-state index contributed by atoms with van der Waals surface area (Å²) in [7, 11) is 1.66. The molecule has 4 rings (SSSR count). The number of ether oxygens (including phenoxy) is 4. The van der Waals surface area contributed by atoms with Crippen LogP contribution in [0.3, 0.4) is 0 Å². The minimum absolute atomic E-state index is 0.0402. The summed E-state index contributed by atoms with van der Waals surface area (Å²) in [4.78, 5) is 0. The van der Waals surface area contributed by atoms with Crippen molar-refractivity contribution in [3.63, 3.8) is 0 Å². The normalized spacial score (nSPS) is 34.2. The molecule has 0 amide bonds. The average molecular weight is 356 g/mol. The second kappa shape index (κ2) is 7.86. The fourth-order valence-corrected chi connectivity index (χ4v) is 3.92. The molecule has 2 aromatic rings. The number of aliphatic hydroxyl groups excluding tert-OH is 1. The zero-order chi connectivity index (χ0) is 17.9. The molecule has 0 bridgehead atoms. The van der Waals surface area contributed by atoms with Crippen LogP contribution in [-0.2, 0) is 18.9 Å². The molecule has 26 heavy (non-hydrogen) atoms. The first-order valence-electron chi connectivity index (χ1n) is 8.98. The van der Waals surface area contributed by atoms with Gasteiger partial charge in [-0.15, -0.1) is 0 Å². The fraction of sp³-hybridized carbons (Fsp3) is 0.429. The maximum absolute atomic E-state index is 10.1. The molecule has 2 aliphatic rings. The van der Waals surface area contributed by atoms with Crippen molar-refractivity contribution in [2.45, 2.75) is 30.7 Å². The Kier molecular flexibility index (Phi) is 5.33. The molecule has 0 saturated carbocycles. The van der Waals surface area contributed by atoms with Crippen molar-refractivity contribution in [1.82, 2.24) is 0 Å². The minimum Gasteiger partial charge on any atom is -0.396 e. The first-order chi connectivity index (χ1) is 12.8. The SMILES string of the molecule is CO[C@@H]1[C@@H](CO)[C@H](c2ccccc2)O[C@@H]2CO[C@@H](c3ccccc3)O[C@@H]12. The third-order valence-electron chi connectivity index (χ3n) is 5.20. The summed E-state index contributed by atoms with van der Waals surface area (Å²) in [6, 6.07) is 19.8. The van der Waals surface area contributed by atoms with Crippen LogP contribution >= 0.6 is 0 Å². The summed E-state index contributed by atoms with van der Waals surface area (Å²) in [5.41, 5.74) is 1.99. The molecule has 2 aliphatic heterocycles. The molecule has 2 heterocycles. The van der Waals surface area contributed by atoms with E-state index in [4.69, 9.17) is 18.9 Å². The predicted molar refractivity (Wildman–Crippen MR) is 95.4 cm³/mol. The van der Waals surface area contributed by atoms with Crippen LogP contribution in [0, 0.1) is 5.92 Å². The van der Waals surface area contributed by atoms with Gasteiger partial charge in [0.25, 0.3) is 0 Å². The lowest BCUT2D eigenvalue weighted by molar-refractivity contribution is -0.328. The molecular weight excluding hydrogens is 332 g/mol. The summed E-state index contributed by atoms with van der Waals surface area (Å²) in [5, 5.41) is 10.1. The van der Waals surface area contributed by atoms with Crippen molar-refractivity contribution >= 4 is 0 Å². The zero-order valence-electron chi connectivity index (χ0n) is 14.7. The molecule has 0 aliphatic carbocycles. The fourth-order valence-electron chi connectivity index (χ4n) is 3.92. The molecule has 2 saturated heterocycles. The topological polar surface area (TPSA) is 57.2 Å². The number of aliphatic hydroxyl groups is 1. The third kappa shape index (κ3) is 3.29. The molecule has 2 fully saturated rings. The molecular formula is C21H24O5. The Bertz CT molecular complexity index is 692. The van der Waals surface area contributed by atoms with E-state index in [2.05, 4.69) is 0 Å². The molecule has 5 heteroatoms. The summed E-state index contributed by atoms with van der Waals surface area (Å²) < 4.78 is 24.2. The van der Waals surface area contributed by atoms with Crippen molar-refractivity contribution in [3.05, 3.63) is 71.8 Å². The molecule has 138 valence electrons. The van der Waals surface area contributed by atoms with Gasteiger partial charge in [-0.25, -0.2) is 0 Å². The molecule has 0 spiro atoms. The Hall–Kier alpha value is -1.76. The highest BCUT2D eigenvalue weighted by Crippen LogP contribution is 2.42. The van der Waals surface area contributed by atoms with Gasteiger partial charge in [0, 0.05) is 18.6 Å². The molecule has 0 aromatic heterocycles. The Morgan fingerprint density at radius 2 is 1.62 bits per heavy atom. The van der Waals surface area contributed by atoms with Gasteiger partial charge in [-0.05, 0) is 5.56 Å². The number of hydrogen-bond acceptors (Lipinski definition) is 5. The van der Waals surface area contributed by atoms with E-state index < -0.39 is 6.29 Å². The minimum atomic E-state index is -0.452. The number of benzene rings is 2. The molecule has 0 radical (unpaired) electrons. The van der Waals surface area contributed by atoms with Crippen LogP contribution in [-0.4, -0.2) is 43.7 Å². The van der Waals surface area contributed by atoms with Crippen molar-refractivity contribution < 1.29 is 24.1 Å². The van der Waals surface area contributed by atoms with E-state index in [0.29, 0.717) is 6.61 Å². The zero-order valence-corrected chi connectivity index (χ0v) is 14.7. The molecule has 1 N–H and O–H groups in total. The van der Waals surface area contributed by atoms with E-state index in [-0.39, 0.29) is 36.9 Å². The number of methoxy groups -OCH3 is 1. The summed E-state index contributed by atoms with van der Waals surface area (Å²) in [6.45, 7) is 0.382. The van der Waals surface area contributed by atoms with Gasteiger partial charge in [0.1, 0.15) is 12.2 Å². The summed E-state index contributed by atoms with van der Waals surface area (Å²) >= 11 is 0. The van der Waals surface area contributed by atoms with Gasteiger partial charge < -0.3 is 24.1 Å². The van der Waals surface area contributed by atoms with Crippen molar-refractivity contribution in [2.75, 3.05) is 20.3 Å². The Morgan fingerprint density at radius 3 is 2.23 bits per heavy atom. The van der Waals surface area contributed by atoms with Gasteiger partial charge in [0.15, 0.2) is 6.29 Å². The van der Waals surface area contributed by atoms with E-state index in [1.54, 1.807) is 7.11 Å². The van der Waals surface area contributed by atoms with Crippen LogP contribution in [0.4, 0.5) is 0 Å². The highest BCUT2D eigenvalue weighted by molar-refractivity contribution is 5.21. The third-order valence-corrected chi connectivity index (χ3v) is 5.20. The first-order valence-corrected chi connectivity index (χ1v) is 8.98. The predicted octanol–water partition coefficient (Wildman–Crippen LogP) is 2.86. The van der Waals surface area contributed by atoms with Crippen LogP contribution in [0.5, 0.6) is 0 Å². The van der Waals surface area contributed by atoms with Crippen molar-refractivity contribution in [1.29, 1.82) is 0 Å². The largest absolute Gasteiger partial charge is 0.396 e.